The molecular formula is C18H19F6P. The summed E-state index contributed by atoms with van der Waals surface area (Å²) in [6, 6.07) is 4.22. The molecule has 2 aromatic rings. The van der Waals surface area contributed by atoms with Gasteiger partial charge in [0.25, 0.3) is 0 Å². The fraction of sp³-hybridized carbons (Fsp3) is 0.333. The van der Waals surface area contributed by atoms with Gasteiger partial charge in [-0.3, -0.25) is 0 Å². The Morgan fingerprint density at radius 2 is 1.12 bits per heavy atom. The molecule has 0 heterocycles. The van der Waals surface area contributed by atoms with Crippen molar-refractivity contribution in [2.75, 3.05) is 12.3 Å². The number of rotatable bonds is 5. The van der Waals surface area contributed by atoms with E-state index in [1.165, 1.54) is 45.9 Å². The molecule has 0 atom stereocenters. The summed E-state index contributed by atoms with van der Waals surface area (Å²) in [5, 5.41) is 0. The van der Waals surface area contributed by atoms with Gasteiger partial charge in [-0.15, -0.1) is 8.58 Å². The SMILES string of the molecule is CCCPCCC.Fc1ccccc1-c1c(F)c(F)c(F)c(F)c1F. The Morgan fingerprint density at radius 1 is 0.680 bits per heavy atom. The van der Waals surface area contributed by atoms with Gasteiger partial charge < -0.3 is 0 Å². The molecule has 0 spiro atoms. The van der Waals surface area contributed by atoms with Crippen molar-refractivity contribution >= 4 is 8.58 Å². The van der Waals surface area contributed by atoms with Crippen molar-refractivity contribution in [3.05, 3.63) is 59.2 Å². The number of hydrogen-bond donors (Lipinski definition) is 0. The van der Waals surface area contributed by atoms with E-state index in [9.17, 15) is 26.3 Å². The average molecular weight is 380 g/mol. The molecule has 0 aromatic heterocycles. The first kappa shape index (κ1) is 21.5. The molecule has 0 N–H and O–H groups in total. The lowest BCUT2D eigenvalue weighted by Crippen LogP contribution is -2.04. The van der Waals surface area contributed by atoms with Crippen LogP contribution in [0, 0.1) is 34.9 Å². The molecule has 7 heteroatoms. The fourth-order valence-electron chi connectivity index (χ4n) is 1.98. The van der Waals surface area contributed by atoms with Crippen molar-refractivity contribution < 1.29 is 26.3 Å². The second-order valence-corrected chi connectivity index (χ2v) is 6.67. The van der Waals surface area contributed by atoms with Crippen molar-refractivity contribution in [1.29, 1.82) is 0 Å². The summed E-state index contributed by atoms with van der Waals surface area (Å²) < 4.78 is 78.8. The Labute approximate surface area is 145 Å². The van der Waals surface area contributed by atoms with Crippen molar-refractivity contribution in [2.45, 2.75) is 26.7 Å². The third kappa shape index (κ3) is 5.46. The summed E-state index contributed by atoms with van der Waals surface area (Å²) in [6.07, 6.45) is 5.65. The third-order valence-corrected chi connectivity index (χ3v) is 4.91. The van der Waals surface area contributed by atoms with Gasteiger partial charge in [0, 0.05) is 5.56 Å². The maximum absolute atomic E-state index is 13.4. The lowest BCUT2D eigenvalue weighted by molar-refractivity contribution is 0.381. The molecular weight excluding hydrogens is 361 g/mol. The molecule has 0 unspecified atom stereocenters. The van der Waals surface area contributed by atoms with Gasteiger partial charge in [0.2, 0.25) is 5.82 Å². The van der Waals surface area contributed by atoms with Gasteiger partial charge in [-0.2, -0.15) is 0 Å². The van der Waals surface area contributed by atoms with Gasteiger partial charge >= 0.3 is 0 Å². The minimum absolute atomic E-state index is 0.690. The first-order valence-corrected chi connectivity index (χ1v) is 9.25. The zero-order chi connectivity index (χ0) is 19.0. The number of benzene rings is 2. The Hall–Kier alpha value is -1.55. The van der Waals surface area contributed by atoms with E-state index in [2.05, 4.69) is 13.8 Å². The quantitative estimate of drug-likeness (QED) is 0.179. The summed E-state index contributed by atoms with van der Waals surface area (Å²) in [6.45, 7) is 4.51. The molecule has 0 saturated heterocycles. The molecule has 0 saturated carbocycles. The highest BCUT2D eigenvalue weighted by molar-refractivity contribution is 7.37. The lowest BCUT2D eigenvalue weighted by Gasteiger charge is -2.08. The van der Waals surface area contributed by atoms with Crippen LogP contribution in [0.3, 0.4) is 0 Å². The van der Waals surface area contributed by atoms with Crippen molar-refractivity contribution in [3.8, 4) is 11.1 Å². The summed E-state index contributed by atoms with van der Waals surface area (Å²) >= 11 is 0. The first-order chi connectivity index (χ1) is 11.9. The summed E-state index contributed by atoms with van der Waals surface area (Å²) in [5.41, 5.74) is -1.96. The molecule has 0 aliphatic heterocycles. The molecule has 0 nitrogen and oxygen atoms in total. The van der Waals surface area contributed by atoms with Crippen LogP contribution < -0.4 is 0 Å². The van der Waals surface area contributed by atoms with Crippen molar-refractivity contribution in [3.63, 3.8) is 0 Å². The van der Waals surface area contributed by atoms with E-state index >= 15 is 0 Å². The van der Waals surface area contributed by atoms with E-state index in [1.54, 1.807) is 0 Å². The van der Waals surface area contributed by atoms with E-state index in [0.29, 0.717) is 0 Å². The predicted molar refractivity (Wildman–Crippen MR) is 90.3 cm³/mol. The highest BCUT2D eigenvalue weighted by Crippen LogP contribution is 2.32. The molecule has 0 aliphatic rings. The van der Waals surface area contributed by atoms with E-state index < -0.39 is 46.0 Å². The second-order valence-electron chi connectivity index (χ2n) is 5.17. The molecule has 0 aliphatic carbocycles. The summed E-state index contributed by atoms with van der Waals surface area (Å²) in [7, 11) is 1.23. The van der Waals surface area contributed by atoms with E-state index in [1.807, 2.05) is 0 Å². The highest BCUT2D eigenvalue weighted by Gasteiger charge is 2.27. The van der Waals surface area contributed by atoms with Gasteiger partial charge in [-0.25, -0.2) is 26.3 Å². The Balaban J connectivity index is 0.000000381. The Kier molecular flexibility index (Phi) is 8.98. The van der Waals surface area contributed by atoms with Crippen LogP contribution in [-0.2, 0) is 0 Å². The zero-order valence-electron chi connectivity index (χ0n) is 13.9. The van der Waals surface area contributed by atoms with E-state index in [-0.39, 0.29) is 0 Å². The average Bonchev–Trinajstić information content (AvgIpc) is 2.61. The van der Waals surface area contributed by atoms with E-state index in [4.69, 9.17) is 0 Å². The van der Waals surface area contributed by atoms with Crippen molar-refractivity contribution in [2.24, 2.45) is 0 Å². The van der Waals surface area contributed by atoms with Gasteiger partial charge in [-0.05, 0) is 18.4 Å². The van der Waals surface area contributed by atoms with Crippen LogP contribution in [0.1, 0.15) is 26.7 Å². The molecule has 0 fully saturated rings. The predicted octanol–water partition coefficient (Wildman–Crippen LogP) is 6.67. The first-order valence-electron chi connectivity index (χ1n) is 7.83. The molecule has 138 valence electrons. The number of halogens is 6. The van der Waals surface area contributed by atoms with Crippen LogP contribution in [0.15, 0.2) is 24.3 Å². The van der Waals surface area contributed by atoms with Crippen LogP contribution >= 0.6 is 8.58 Å². The molecule has 0 bridgehead atoms. The van der Waals surface area contributed by atoms with Gasteiger partial charge in [0.05, 0.1) is 5.56 Å². The van der Waals surface area contributed by atoms with Crippen LogP contribution in [-0.4, -0.2) is 12.3 Å². The van der Waals surface area contributed by atoms with Gasteiger partial charge in [0.15, 0.2) is 23.3 Å². The topological polar surface area (TPSA) is 0 Å². The van der Waals surface area contributed by atoms with Gasteiger partial charge in [-0.1, -0.05) is 44.9 Å². The van der Waals surface area contributed by atoms with Crippen LogP contribution in [0.25, 0.3) is 11.1 Å². The number of hydrogen-bond acceptors (Lipinski definition) is 0. The summed E-state index contributed by atoms with van der Waals surface area (Å²) in [4.78, 5) is 0. The molecule has 2 aromatic carbocycles. The smallest absolute Gasteiger partial charge is 0.200 e. The highest BCUT2D eigenvalue weighted by atomic mass is 31.1. The fourth-order valence-corrected chi connectivity index (χ4v) is 2.94. The monoisotopic (exact) mass is 380 g/mol. The third-order valence-electron chi connectivity index (χ3n) is 3.21. The molecule has 0 amide bonds. The maximum Gasteiger partial charge on any atom is 0.200 e. The Morgan fingerprint density at radius 3 is 1.56 bits per heavy atom. The van der Waals surface area contributed by atoms with Crippen LogP contribution in [0.4, 0.5) is 26.3 Å². The maximum atomic E-state index is 13.4. The van der Waals surface area contributed by atoms with Gasteiger partial charge in [0.1, 0.15) is 5.82 Å². The van der Waals surface area contributed by atoms with Crippen LogP contribution in [0.5, 0.6) is 0 Å². The summed E-state index contributed by atoms with van der Waals surface area (Å²) in [5.74, 6) is -11.7. The van der Waals surface area contributed by atoms with E-state index in [0.717, 1.165) is 12.1 Å². The zero-order valence-corrected chi connectivity index (χ0v) is 14.9. The lowest BCUT2D eigenvalue weighted by atomic mass is 10.0. The van der Waals surface area contributed by atoms with Crippen LogP contribution in [0.2, 0.25) is 0 Å². The normalized spacial score (nSPS) is 10.4. The second kappa shape index (κ2) is 10.4. The minimum Gasteiger partial charge on any atom is -0.206 e. The molecule has 2 rings (SSSR count). The molecule has 0 radical (unpaired) electrons. The minimum atomic E-state index is -2.27. The standard InChI is InChI=1S/C12H4F6.C6H15P/c13-6-4-2-1-3-5(6)7-8(14)10(16)12(18)11(17)9(7)15;1-3-5-7-6-4-2/h1-4H;7H,3-6H2,1-2H3. The molecule has 25 heavy (non-hydrogen) atoms. The Bertz CT molecular complexity index is 669. The van der Waals surface area contributed by atoms with Crippen molar-refractivity contribution in [1.82, 2.24) is 0 Å². The largest absolute Gasteiger partial charge is 0.206 e.